The van der Waals surface area contributed by atoms with Crippen LogP contribution in [0.15, 0.2) is 53.6 Å². The van der Waals surface area contributed by atoms with E-state index >= 15 is 0 Å². The first-order chi connectivity index (χ1) is 12.1. The van der Waals surface area contributed by atoms with Gasteiger partial charge in [0.2, 0.25) is 0 Å². The van der Waals surface area contributed by atoms with Gasteiger partial charge in [-0.1, -0.05) is 41.9 Å². The number of hydrogen-bond donors (Lipinski definition) is 2. The lowest BCUT2D eigenvalue weighted by atomic mass is 10.2. The number of nitrogens with zero attached hydrogens (tertiary/aromatic N) is 1. The van der Waals surface area contributed by atoms with E-state index in [2.05, 4.69) is 10.5 Å². The Balaban J connectivity index is 1.57. The highest BCUT2D eigenvalue weighted by Crippen LogP contribution is 2.36. The van der Waals surface area contributed by atoms with E-state index in [0.717, 1.165) is 20.2 Å². The fourth-order valence-electron chi connectivity index (χ4n) is 2.50. The summed E-state index contributed by atoms with van der Waals surface area (Å²) in [6.07, 6.45) is 1.44. The summed E-state index contributed by atoms with van der Waals surface area (Å²) in [7, 11) is 0. The van der Waals surface area contributed by atoms with Crippen LogP contribution in [0, 0.1) is 0 Å². The van der Waals surface area contributed by atoms with E-state index < -0.39 is 0 Å². The molecule has 2 aromatic carbocycles. The molecule has 4 aromatic rings. The quantitative estimate of drug-likeness (QED) is 0.373. The van der Waals surface area contributed by atoms with E-state index in [-0.39, 0.29) is 11.7 Å². The highest BCUT2D eigenvalue weighted by Gasteiger charge is 2.16. The molecular weight excluding hydrogens is 376 g/mol. The van der Waals surface area contributed by atoms with Crippen molar-refractivity contribution in [3.8, 4) is 5.75 Å². The summed E-state index contributed by atoms with van der Waals surface area (Å²) >= 11 is 9.01. The second kappa shape index (κ2) is 6.48. The van der Waals surface area contributed by atoms with Crippen molar-refractivity contribution in [1.82, 2.24) is 5.43 Å². The summed E-state index contributed by atoms with van der Waals surface area (Å²) in [6, 6.07) is 15.1. The van der Waals surface area contributed by atoms with Gasteiger partial charge in [-0.25, -0.2) is 5.43 Å². The fraction of sp³-hybridized carbons (Fsp3) is 0. The van der Waals surface area contributed by atoms with Crippen molar-refractivity contribution in [1.29, 1.82) is 0 Å². The predicted octanol–water partition coefficient (Wildman–Crippen LogP) is 5.24. The summed E-state index contributed by atoms with van der Waals surface area (Å²) in [5.74, 6) is -0.207. The van der Waals surface area contributed by atoms with Gasteiger partial charge in [-0.3, -0.25) is 4.79 Å². The maximum atomic E-state index is 12.3. The predicted molar refractivity (Wildman–Crippen MR) is 105 cm³/mol. The van der Waals surface area contributed by atoms with Gasteiger partial charge in [-0.15, -0.1) is 22.7 Å². The molecule has 25 heavy (non-hydrogen) atoms. The topological polar surface area (TPSA) is 61.7 Å². The standard InChI is InChI=1S/C18H11ClN2O2S2/c19-15-10-5-1-3-7-12(10)25-17(15)18(23)21-20-9-14-16(22)11-6-2-4-8-13(11)24-14/h1-9,22H,(H,21,23)/b20-9+. The fourth-order valence-corrected chi connectivity index (χ4v) is 4.88. The van der Waals surface area contributed by atoms with Gasteiger partial charge < -0.3 is 5.11 Å². The van der Waals surface area contributed by atoms with Gasteiger partial charge in [-0.05, 0) is 18.2 Å². The van der Waals surface area contributed by atoms with Crippen LogP contribution in [0.2, 0.25) is 5.02 Å². The van der Waals surface area contributed by atoms with Gasteiger partial charge in [0.05, 0.1) is 16.1 Å². The van der Waals surface area contributed by atoms with E-state index in [1.54, 1.807) is 0 Å². The number of carbonyl (C=O) groups is 1. The van der Waals surface area contributed by atoms with Gasteiger partial charge in [0.25, 0.3) is 5.91 Å². The number of aromatic hydroxyl groups is 1. The molecule has 0 saturated heterocycles. The molecule has 7 heteroatoms. The molecule has 0 saturated carbocycles. The van der Waals surface area contributed by atoms with Crippen molar-refractivity contribution in [2.24, 2.45) is 5.10 Å². The van der Waals surface area contributed by atoms with Crippen LogP contribution in [0.4, 0.5) is 0 Å². The summed E-state index contributed by atoms with van der Waals surface area (Å²) in [6.45, 7) is 0. The highest BCUT2D eigenvalue weighted by atomic mass is 35.5. The Morgan fingerprint density at radius 1 is 1.04 bits per heavy atom. The SMILES string of the molecule is O=C(N/N=C/c1sc2ccccc2c1O)c1sc2ccccc2c1Cl. The molecule has 2 aromatic heterocycles. The molecule has 0 aliphatic heterocycles. The van der Waals surface area contributed by atoms with Gasteiger partial charge in [-0.2, -0.15) is 5.10 Å². The molecule has 4 nitrogen and oxygen atoms in total. The summed E-state index contributed by atoms with van der Waals surface area (Å²) in [5.41, 5.74) is 2.47. The molecule has 1 amide bonds. The van der Waals surface area contributed by atoms with Crippen LogP contribution in [-0.2, 0) is 0 Å². The van der Waals surface area contributed by atoms with Crippen LogP contribution in [0.25, 0.3) is 20.2 Å². The van der Waals surface area contributed by atoms with E-state index in [4.69, 9.17) is 11.6 Å². The zero-order valence-corrected chi connectivity index (χ0v) is 15.1. The third-order valence-electron chi connectivity index (χ3n) is 3.68. The zero-order chi connectivity index (χ0) is 17.4. The van der Waals surface area contributed by atoms with E-state index in [1.807, 2.05) is 48.5 Å². The van der Waals surface area contributed by atoms with Crippen molar-refractivity contribution < 1.29 is 9.90 Å². The molecule has 0 unspecified atom stereocenters. The number of thiophene rings is 2. The average molecular weight is 387 g/mol. The molecule has 0 bridgehead atoms. The molecular formula is C18H11ClN2O2S2. The molecule has 2 heterocycles. The van der Waals surface area contributed by atoms with Crippen LogP contribution in [0.3, 0.4) is 0 Å². The summed E-state index contributed by atoms with van der Waals surface area (Å²) in [5, 5.41) is 16.2. The van der Waals surface area contributed by atoms with Crippen LogP contribution < -0.4 is 5.43 Å². The third kappa shape index (κ3) is 2.89. The van der Waals surface area contributed by atoms with Crippen LogP contribution in [-0.4, -0.2) is 17.2 Å². The first kappa shape index (κ1) is 16.1. The summed E-state index contributed by atoms with van der Waals surface area (Å²) < 4.78 is 1.91. The lowest BCUT2D eigenvalue weighted by Gasteiger charge is -1.96. The second-order valence-electron chi connectivity index (χ2n) is 5.25. The Kier molecular flexibility index (Phi) is 4.17. The number of hydrazone groups is 1. The van der Waals surface area contributed by atoms with E-state index in [1.165, 1.54) is 28.9 Å². The largest absolute Gasteiger partial charge is 0.506 e. The van der Waals surface area contributed by atoms with Gasteiger partial charge in [0.15, 0.2) is 0 Å². The Morgan fingerprint density at radius 3 is 2.36 bits per heavy atom. The Bertz CT molecular complexity index is 1130. The van der Waals surface area contributed by atoms with Crippen molar-refractivity contribution in [3.63, 3.8) is 0 Å². The number of benzene rings is 2. The lowest BCUT2D eigenvalue weighted by molar-refractivity contribution is 0.0959. The molecule has 4 rings (SSSR count). The minimum atomic E-state index is -0.372. The Labute approximate surface area is 156 Å². The lowest BCUT2D eigenvalue weighted by Crippen LogP contribution is -2.16. The maximum Gasteiger partial charge on any atom is 0.283 e. The molecule has 0 aliphatic carbocycles. The number of carbonyl (C=O) groups excluding carboxylic acids is 1. The number of amides is 1. The van der Waals surface area contributed by atoms with Crippen molar-refractivity contribution in [2.75, 3.05) is 0 Å². The first-order valence-electron chi connectivity index (χ1n) is 7.36. The molecule has 0 radical (unpaired) electrons. The minimum Gasteiger partial charge on any atom is -0.506 e. The molecule has 0 fully saturated rings. The monoisotopic (exact) mass is 386 g/mol. The number of rotatable bonds is 3. The molecule has 124 valence electrons. The van der Waals surface area contributed by atoms with E-state index in [0.29, 0.717) is 14.8 Å². The molecule has 0 atom stereocenters. The van der Waals surface area contributed by atoms with Gasteiger partial charge in [0, 0.05) is 20.2 Å². The van der Waals surface area contributed by atoms with Gasteiger partial charge >= 0.3 is 0 Å². The first-order valence-corrected chi connectivity index (χ1v) is 9.37. The van der Waals surface area contributed by atoms with E-state index in [9.17, 15) is 9.90 Å². The molecule has 2 N–H and O–H groups in total. The minimum absolute atomic E-state index is 0.165. The van der Waals surface area contributed by atoms with Crippen molar-refractivity contribution in [3.05, 3.63) is 63.3 Å². The number of fused-ring (bicyclic) bond motifs is 2. The van der Waals surface area contributed by atoms with Crippen LogP contribution >= 0.6 is 34.3 Å². The van der Waals surface area contributed by atoms with Crippen molar-refractivity contribution >= 4 is 66.6 Å². The Hall–Kier alpha value is -2.41. The number of halogens is 1. The average Bonchev–Trinajstić information content (AvgIpc) is 3.14. The second-order valence-corrected chi connectivity index (χ2v) is 7.77. The van der Waals surface area contributed by atoms with Gasteiger partial charge in [0.1, 0.15) is 10.6 Å². The molecule has 0 aliphatic rings. The normalized spacial score (nSPS) is 11.6. The summed E-state index contributed by atoms with van der Waals surface area (Å²) in [4.78, 5) is 13.3. The zero-order valence-electron chi connectivity index (χ0n) is 12.7. The van der Waals surface area contributed by atoms with Crippen molar-refractivity contribution in [2.45, 2.75) is 0 Å². The van der Waals surface area contributed by atoms with Crippen LogP contribution in [0.5, 0.6) is 5.75 Å². The van der Waals surface area contributed by atoms with Crippen LogP contribution in [0.1, 0.15) is 14.5 Å². The number of hydrogen-bond acceptors (Lipinski definition) is 5. The highest BCUT2D eigenvalue weighted by molar-refractivity contribution is 7.21. The third-order valence-corrected chi connectivity index (χ3v) is 6.45. The maximum absolute atomic E-state index is 12.3. The molecule has 0 spiro atoms. The Morgan fingerprint density at radius 2 is 1.68 bits per heavy atom. The number of nitrogens with one attached hydrogen (secondary N) is 1. The smallest absolute Gasteiger partial charge is 0.283 e.